The first kappa shape index (κ1) is 38.7. The molecule has 2 aromatic heterocycles. The van der Waals surface area contributed by atoms with Crippen LogP contribution in [0, 0.1) is 0 Å². The van der Waals surface area contributed by atoms with Crippen LogP contribution < -0.4 is 16.4 Å². The van der Waals surface area contributed by atoms with Crippen LogP contribution in [0.2, 0.25) is 0 Å². The van der Waals surface area contributed by atoms with Crippen molar-refractivity contribution in [3.05, 3.63) is 224 Å². The number of para-hydroxylation sites is 1. The molecule has 0 fully saturated rings. The molecule has 0 aliphatic carbocycles. The second-order valence-corrected chi connectivity index (χ2v) is 16.8. The van der Waals surface area contributed by atoms with Crippen LogP contribution in [0.3, 0.4) is 0 Å². The Labute approximate surface area is 382 Å². The van der Waals surface area contributed by atoms with Crippen LogP contribution in [0.25, 0.3) is 111 Å². The van der Waals surface area contributed by atoms with Gasteiger partial charge in [-0.05, 0) is 110 Å². The molecular formula is C60H37B3N2. The lowest BCUT2D eigenvalue weighted by Crippen LogP contribution is -2.35. The van der Waals surface area contributed by atoms with Gasteiger partial charge in [0.15, 0.2) is 0 Å². The molecule has 296 valence electrons. The van der Waals surface area contributed by atoms with E-state index in [-0.39, 0.29) is 0 Å². The highest BCUT2D eigenvalue weighted by atomic mass is 15.0. The summed E-state index contributed by atoms with van der Waals surface area (Å²) in [5.74, 6) is 0. The Kier molecular flexibility index (Phi) is 9.31. The Morgan fingerprint density at radius 2 is 0.662 bits per heavy atom. The molecule has 0 aliphatic heterocycles. The summed E-state index contributed by atoms with van der Waals surface area (Å²) < 4.78 is 4.57. The average Bonchev–Trinajstić information content (AvgIpc) is 3.90. The van der Waals surface area contributed by atoms with Gasteiger partial charge in [-0.1, -0.05) is 186 Å². The van der Waals surface area contributed by atoms with Crippen molar-refractivity contribution < 1.29 is 0 Å². The van der Waals surface area contributed by atoms with E-state index in [0.29, 0.717) is 16.4 Å². The van der Waals surface area contributed by atoms with E-state index < -0.39 is 0 Å². The predicted octanol–water partition coefficient (Wildman–Crippen LogP) is 12.6. The van der Waals surface area contributed by atoms with Gasteiger partial charge in [0, 0.05) is 38.4 Å². The lowest BCUT2D eigenvalue weighted by molar-refractivity contribution is 1.18. The van der Waals surface area contributed by atoms with Crippen molar-refractivity contribution in [2.75, 3.05) is 0 Å². The van der Waals surface area contributed by atoms with Crippen molar-refractivity contribution >= 4 is 83.5 Å². The van der Waals surface area contributed by atoms with E-state index in [9.17, 15) is 0 Å². The van der Waals surface area contributed by atoms with Crippen LogP contribution >= 0.6 is 0 Å². The molecule has 65 heavy (non-hydrogen) atoms. The molecule has 2 nitrogen and oxygen atoms in total. The van der Waals surface area contributed by atoms with Gasteiger partial charge in [-0.15, -0.1) is 0 Å². The van der Waals surface area contributed by atoms with E-state index >= 15 is 0 Å². The third kappa shape index (κ3) is 6.46. The Bertz CT molecular complexity index is 3780. The number of aromatic nitrogens is 2. The molecule has 0 amide bonds. The summed E-state index contributed by atoms with van der Waals surface area (Å²) in [7, 11) is 21.9. The maximum atomic E-state index is 7.42. The zero-order valence-corrected chi connectivity index (χ0v) is 35.5. The lowest BCUT2D eigenvalue weighted by Gasteiger charge is -2.19. The van der Waals surface area contributed by atoms with Gasteiger partial charge in [0.05, 0.1) is 16.6 Å². The molecule has 0 saturated carbocycles. The molecule has 5 heteroatoms. The Balaban J connectivity index is 1.06. The molecule has 0 bridgehead atoms. The van der Waals surface area contributed by atoms with Gasteiger partial charge in [0.25, 0.3) is 0 Å². The molecule has 10 aromatic carbocycles. The number of nitrogens with zero attached hydrogens (tertiary/aromatic N) is 2. The van der Waals surface area contributed by atoms with E-state index in [4.69, 9.17) is 23.5 Å². The first-order valence-corrected chi connectivity index (χ1v) is 22.0. The highest BCUT2D eigenvalue weighted by molar-refractivity contribution is 6.60. The average molecular weight is 818 g/mol. The molecule has 0 unspecified atom stereocenters. The second-order valence-electron chi connectivity index (χ2n) is 16.8. The lowest BCUT2D eigenvalue weighted by atomic mass is 9.69. The van der Waals surface area contributed by atoms with Crippen LogP contribution in [0.4, 0.5) is 0 Å². The summed E-state index contributed by atoms with van der Waals surface area (Å²) in [6, 6.07) is 79.3. The molecule has 0 N–H and O–H groups in total. The van der Waals surface area contributed by atoms with Gasteiger partial charge in [0.2, 0.25) is 0 Å². The standard InChI is InChI=1S/C60H37B3N2/c61-57-55(58(62)59(63)60-56(57)49-24-10-11-25-52(49)65(60)48-23-13-21-44(35-48)40-18-8-3-9-19-40)46-31-33-54-51(37-46)50-36-45(42-28-26-41(27-29-42)38-14-4-1-5-15-38)30-32-53(50)64(54)47-22-12-20-43(34-47)39-16-6-2-7-17-39/h1-37H. The van der Waals surface area contributed by atoms with Crippen LogP contribution in [-0.2, 0) is 0 Å². The Morgan fingerprint density at radius 3 is 1.25 bits per heavy atom. The number of benzene rings is 10. The summed E-state index contributed by atoms with van der Waals surface area (Å²) in [4.78, 5) is 0. The molecule has 6 radical (unpaired) electrons. The minimum absolute atomic E-state index is 0.455. The number of hydrogen-bond acceptors (Lipinski definition) is 0. The maximum Gasteiger partial charge on any atom is 0.115 e. The quantitative estimate of drug-likeness (QED) is 0.142. The fourth-order valence-electron chi connectivity index (χ4n) is 9.91. The fraction of sp³-hybridized carbons (Fsp3) is 0. The third-order valence-corrected chi connectivity index (χ3v) is 13.0. The summed E-state index contributed by atoms with van der Waals surface area (Å²) in [6.07, 6.45) is 0. The number of rotatable bonds is 7. The van der Waals surface area contributed by atoms with E-state index in [1.54, 1.807) is 0 Å². The molecular weight excluding hydrogens is 781 g/mol. The fourth-order valence-corrected chi connectivity index (χ4v) is 9.91. The molecule has 12 aromatic rings. The Hall–Kier alpha value is -8.01. The first-order valence-electron chi connectivity index (χ1n) is 22.0. The van der Waals surface area contributed by atoms with Gasteiger partial charge < -0.3 is 9.13 Å². The van der Waals surface area contributed by atoms with Gasteiger partial charge in [-0.25, -0.2) is 0 Å². The van der Waals surface area contributed by atoms with Crippen LogP contribution in [-0.4, -0.2) is 32.7 Å². The summed E-state index contributed by atoms with van der Waals surface area (Å²) in [5.41, 5.74) is 18.4. The van der Waals surface area contributed by atoms with E-state index in [2.05, 4.69) is 228 Å². The van der Waals surface area contributed by atoms with Crippen molar-refractivity contribution in [3.63, 3.8) is 0 Å². The van der Waals surface area contributed by atoms with Crippen LogP contribution in [0.15, 0.2) is 224 Å². The smallest absolute Gasteiger partial charge is 0.115 e. The van der Waals surface area contributed by atoms with Crippen LogP contribution in [0.5, 0.6) is 0 Å². The largest absolute Gasteiger partial charge is 0.310 e. The number of fused-ring (bicyclic) bond motifs is 6. The molecule has 0 atom stereocenters. The summed E-state index contributed by atoms with van der Waals surface area (Å²) in [6.45, 7) is 0. The minimum Gasteiger partial charge on any atom is -0.310 e. The first-order chi connectivity index (χ1) is 32.0. The van der Waals surface area contributed by atoms with Gasteiger partial charge in [-0.2, -0.15) is 0 Å². The number of hydrogen-bond donors (Lipinski definition) is 0. The SMILES string of the molecule is [B]c1c(-c2ccc3c(c2)c2cc(-c4ccc(-c5ccccc5)cc4)ccc2n3-c2cccc(-c3ccccc3)c2)c([B])c2c3ccccc3n(-c3cccc(-c4ccccc4)c3)c2c1[B]. The summed E-state index contributed by atoms with van der Waals surface area (Å²) >= 11 is 0. The van der Waals surface area contributed by atoms with Crippen molar-refractivity contribution in [1.82, 2.24) is 9.13 Å². The minimum atomic E-state index is 0.455. The molecule has 2 heterocycles. The zero-order valence-electron chi connectivity index (χ0n) is 35.5. The van der Waals surface area contributed by atoms with Crippen molar-refractivity contribution in [2.24, 2.45) is 0 Å². The monoisotopic (exact) mass is 818 g/mol. The third-order valence-electron chi connectivity index (χ3n) is 13.0. The zero-order chi connectivity index (χ0) is 43.6. The normalized spacial score (nSPS) is 11.6. The van der Waals surface area contributed by atoms with Crippen molar-refractivity contribution in [2.45, 2.75) is 0 Å². The van der Waals surface area contributed by atoms with Gasteiger partial charge >= 0.3 is 0 Å². The topological polar surface area (TPSA) is 9.86 Å². The summed E-state index contributed by atoms with van der Waals surface area (Å²) in [5, 5.41) is 4.10. The van der Waals surface area contributed by atoms with Crippen molar-refractivity contribution in [1.29, 1.82) is 0 Å². The van der Waals surface area contributed by atoms with Crippen LogP contribution in [0.1, 0.15) is 0 Å². The highest BCUT2D eigenvalue weighted by Crippen LogP contribution is 2.39. The molecule has 0 spiro atoms. The van der Waals surface area contributed by atoms with Crippen molar-refractivity contribution in [3.8, 4) is 67.0 Å². The predicted molar refractivity (Wildman–Crippen MR) is 278 cm³/mol. The van der Waals surface area contributed by atoms with Gasteiger partial charge in [-0.3, -0.25) is 0 Å². The molecule has 0 saturated heterocycles. The Morgan fingerprint density at radius 1 is 0.262 bits per heavy atom. The molecule has 12 rings (SSSR count). The second kappa shape index (κ2) is 15.7. The van der Waals surface area contributed by atoms with E-state index in [1.807, 2.05) is 6.07 Å². The molecule has 0 aliphatic rings. The highest BCUT2D eigenvalue weighted by Gasteiger charge is 2.22. The maximum absolute atomic E-state index is 7.42. The van der Waals surface area contributed by atoms with E-state index in [0.717, 1.165) is 93.9 Å². The van der Waals surface area contributed by atoms with Gasteiger partial charge in [0.1, 0.15) is 23.5 Å². The van der Waals surface area contributed by atoms with E-state index in [1.165, 1.54) is 16.7 Å².